The molecule has 0 atom stereocenters. The summed E-state index contributed by atoms with van der Waals surface area (Å²) in [5.74, 6) is 2.39. The van der Waals surface area contributed by atoms with Crippen LogP contribution < -0.4 is 10.6 Å². The summed E-state index contributed by atoms with van der Waals surface area (Å²) in [5, 5.41) is 11.2. The van der Waals surface area contributed by atoms with Gasteiger partial charge in [0, 0.05) is 37.5 Å². The zero-order valence-electron chi connectivity index (χ0n) is 14.8. The number of nitrogens with zero attached hydrogens (tertiary/aromatic N) is 3. The van der Waals surface area contributed by atoms with Gasteiger partial charge in [-0.05, 0) is 18.1 Å². The van der Waals surface area contributed by atoms with E-state index in [1.165, 1.54) is 0 Å². The minimum Gasteiger partial charge on any atom is -0.356 e. The predicted octanol–water partition coefficient (Wildman–Crippen LogP) is 3.41. The van der Waals surface area contributed by atoms with E-state index in [4.69, 9.17) is 16.1 Å². The van der Waals surface area contributed by atoms with E-state index in [1.807, 2.05) is 38.1 Å². The van der Waals surface area contributed by atoms with Crippen LogP contribution in [-0.4, -0.2) is 36.2 Å². The molecular weight excluding hydrogens is 453 g/mol. The molecule has 0 aliphatic heterocycles. The summed E-state index contributed by atoms with van der Waals surface area (Å²) in [5.41, 5.74) is 1.12. The number of aliphatic imine (C=N–C) groups is 1. The van der Waals surface area contributed by atoms with Crippen molar-refractivity contribution in [2.24, 2.45) is 4.99 Å². The van der Waals surface area contributed by atoms with E-state index in [0.717, 1.165) is 35.3 Å². The molecule has 1 heterocycles. The predicted molar refractivity (Wildman–Crippen MR) is 112 cm³/mol. The van der Waals surface area contributed by atoms with Gasteiger partial charge in [0.05, 0.1) is 0 Å². The van der Waals surface area contributed by atoms with Gasteiger partial charge in [-0.3, -0.25) is 4.99 Å². The first-order chi connectivity index (χ1) is 11.6. The van der Waals surface area contributed by atoms with Crippen LogP contribution >= 0.6 is 35.6 Å². The summed E-state index contributed by atoms with van der Waals surface area (Å²) in [7, 11) is 1.74. The van der Waals surface area contributed by atoms with Gasteiger partial charge in [-0.15, -0.1) is 24.0 Å². The van der Waals surface area contributed by atoms with Crippen molar-refractivity contribution in [3.63, 3.8) is 0 Å². The van der Waals surface area contributed by atoms with Gasteiger partial charge in [-0.25, -0.2) is 0 Å². The summed E-state index contributed by atoms with van der Waals surface area (Å²) < 4.78 is 5.22. The average Bonchev–Trinajstić information content (AvgIpc) is 3.04. The lowest BCUT2D eigenvalue weighted by atomic mass is 10.1. The Morgan fingerprint density at radius 1 is 1.20 bits per heavy atom. The Bertz CT molecular complexity index is 675. The van der Waals surface area contributed by atoms with E-state index in [0.29, 0.717) is 18.9 Å². The first kappa shape index (κ1) is 21.7. The second-order valence-corrected chi connectivity index (χ2v) is 6.13. The van der Waals surface area contributed by atoms with E-state index in [2.05, 4.69) is 25.8 Å². The van der Waals surface area contributed by atoms with E-state index in [-0.39, 0.29) is 29.9 Å². The third kappa shape index (κ3) is 7.19. The van der Waals surface area contributed by atoms with Gasteiger partial charge in [0.25, 0.3) is 0 Å². The molecule has 0 aliphatic rings. The fourth-order valence-electron chi connectivity index (χ4n) is 2.13. The Morgan fingerprint density at radius 2 is 1.88 bits per heavy atom. The molecule has 2 N–H and O–H groups in total. The topological polar surface area (TPSA) is 75.3 Å². The lowest BCUT2D eigenvalue weighted by Gasteiger charge is -2.11. The van der Waals surface area contributed by atoms with Crippen LogP contribution in [0.15, 0.2) is 33.8 Å². The molecule has 0 fully saturated rings. The highest BCUT2D eigenvalue weighted by Crippen LogP contribution is 2.14. The van der Waals surface area contributed by atoms with Crippen LogP contribution in [0.5, 0.6) is 0 Å². The lowest BCUT2D eigenvalue weighted by molar-refractivity contribution is 0.371. The van der Waals surface area contributed by atoms with Crippen molar-refractivity contribution >= 4 is 41.5 Å². The molecule has 2 rings (SSSR count). The van der Waals surface area contributed by atoms with Crippen molar-refractivity contribution in [1.82, 2.24) is 20.8 Å². The molecule has 6 nitrogen and oxygen atoms in total. The summed E-state index contributed by atoms with van der Waals surface area (Å²) in [6.45, 7) is 5.50. The molecule has 138 valence electrons. The number of guanidine groups is 1. The normalized spacial score (nSPS) is 11.3. The van der Waals surface area contributed by atoms with Crippen molar-refractivity contribution in [2.75, 3.05) is 20.1 Å². The maximum atomic E-state index is 6.15. The minimum atomic E-state index is 0. The minimum absolute atomic E-state index is 0. The third-order valence-electron chi connectivity index (χ3n) is 3.50. The molecule has 0 bridgehead atoms. The molecule has 0 spiro atoms. The fraction of sp³-hybridized carbons (Fsp3) is 0.471. The molecule has 8 heteroatoms. The number of rotatable bonds is 7. The van der Waals surface area contributed by atoms with Gasteiger partial charge in [0.15, 0.2) is 11.8 Å². The van der Waals surface area contributed by atoms with Gasteiger partial charge in [-0.1, -0.05) is 48.8 Å². The molecule has 0 unspecified atom stereocenters. The molecular formula is C17H25ClIN5O. The van der Waals surface area contributed by atoms with Crippen LogP contribution in [0.4, 0.5) is 0 Å². The van der Waals surface area contributed by atoms with Crippen LogP contribution in [-0.2, 0) is 12.8 Å². The number of hydrogen-bond acceptors (Lipinski definition) is 4. The van der Waals surface area contributed by atoms with Crippen LogP contribution in [0, 0.1) is 0 Å². The number of aromatic nitrogens is 2. The molecule has 0 saturated heterocycles. The Morgan fingerprint density at radius 3 is 2.48 bits per heavy atom. The molecule has 25 heavy (non-hydrogen) atoms. The smallest absolute Gasteiger partial charge is 0.228 e. The van der Waals surface area contributed by atoms with E-state index in [1.54, 1.807) is 7.05 Å². The van der Waals surface area contributed by atoms with Crippen molar-refractivity contribution in [1.29, 1.82) is 0 Å². The van der Waals surface area contributed by atoms with Gasteiger partial charge < -0.3 is 15.2 Å². The largest absolute Gasteiger partial charge is 0.356 e. The quantitative estimate of drug-likeness (QED) is 0.363. The first-order valence-corrected chi connectivity index (χ1v) is 8.48. The zero-order chi connectivity index (χ0) is 17.4. The lowest BCUT2D eigenvalue weighted by Crippen LogP contribution is -2.39. The summed E-state index contributed by atoms with van der Waals surface area (Å²) in [6.07, 6.45) is 1.49. The molecule has 2 aromatic rings. The van der Waals surface area contributed by atoms with Gasteiger partial charge in [0.2, 0.25) is 5.89 Å². The van der Waals surface area contributed by atoms with Crippen molar-refractivity contribution in [2.45, 2.75) is 32.6 Å². The highest BCUT2D eigenvalue weighted by atomic mass is 127. The standard InChI is InChI=1S/C17H24ClN5O.HI/c1-12(2)16-22-15(24-23-16)9-11-21-17(19-3)20-10-8-13-6-4-5-7-14(13)18;/h4-7,12H,8-11H2,1-3H3,(H2,19,20,21);1H. The fourth-order valence-corrected chi connectivity index (χ4v) is 2.36. The van der Waals surface area contributed by atoms with Crippen LogP contribution in [0.1, 0.15) is 37.0 Å². The summed E-state index contributed by atoms with van der Waals surface area (Å²) >= 11 is 6.15. The number of benzene rings is 1. The van der Waals surface area contributed by atoms with Gasteiger partial charge in [0.1, 0.15) is 0 Å². The number of nitrogens with one attached hydrogen (secondary N) is 2. The molecule has 0 aliphatic carbocycles. The molecule has 1 aromatic carbocycles. The summed E-state index contributed by atoms with van der Waals surface area (Å²) in [4.78, 5) is 8.55. The number of halogens is 2. The maximum Gasteiger partial charge on any atom is 0.228 e. The molecule has 0 saturated carbocycles. The zero-order valence-corrected chi connectivity index (χ0v) is 17.8. The Kier molecular flexibility index (Phi) is 9.81. The highest BCUT2D eigenvalue weighted by Gasteiger charge is 2.09. The van der Waals surface area contributed by atoms with Gasteiger partial charge in [-0.2, -0.15) is 4.98 Å². The Labute approximate surface area is 170 Å². The van der Waals surface area contributed by atoms with Crippen molar-refractivity contribution < 1.29 is 4.52 Å². The van der Waals surface area contributed by atoms with E-state index < -0.39 is 0 Å². The average molecular weight is 478 g/mol. The van der Waals surface area contributed by atoms with Crippen LogP contribution in [0.2, 0.25) is 5.02 Å². The monoisotopic (exact) mass is 477 g/mol. The van der Waals surface area contributed by atoms with E-state index in [9.17, 15) is 0 Å². The molecule has 0 amide bonds. The van der Waals surface area contributed by atoms with Crippen LogP contribution in [0.25, 0.3) is 0 Å². The number of hydrogen-bond donors (Lipinski definition) is 2. The van der Waals surface area contributed by atoms with Crippen molar-refractivity contribution in [3.05, 3.63) is 46.6 Å². The SMILES string of the molecule is CN=C(NCCc1nc(C(C)C)no1)NCCc1ccccc1Cl.I. The second kappa shape index (κ2) is 11.3. The third-order valence-corrected chi connectivity index (χ3v) is 3.87. The maximum absolute atomic E-state index is 6.15. The Balaban J connectivity index is 0.00000312. The molecule has 0 radical (unpaired) electrons. The highest BCUT2D eigenvalue weighted by molar-refractivity contribution is 14.0. The Hall–Kier alpha value is -1.35. The van der Waals surface area contributed by atoms with Crippen molar-refractivity contribution in [3.8, 4) is 0 Å². The van der Waals surface area contributed by atoms with E-state index >= 15 is 0 Å². The molecule has 1 aromatic heterocycles. The first-order valence-electron chi connectivity index (χ1n) is 8.10. The van der Waals surface area contributed by atoms with Gasteiger partial charge >= 0.3 is 0 Å². The summed E-state index contributed by atoms with van der Waals surface area (Å²) in [6, 6.07) is 7.86. The van der Waals surface area contributed by atoms with Crippen LogP contribution in [0.3, 0.4) is 0 Å². The second-order valence-electron chi connectivity index (χ2n) is 5.72.